The zero-order valence-corrected chi connectivity index (χ0v) is 7.47. The third-order valence-electron chi connectivity index (χ3n) is 1.85. The van der Waals surface area contributed by atoms with Gasteiger partial charge in [-0.1, -0.05) is 0 Å². The highest BCUT2D eigenvalue weighted by Crippen LogP contribution is 2.26. The molecule has 14 heavy (non-hydrogen) atoms. The van der Waals surface area contributed by atoms with Gasteiger partial charge in [-0.2, -0.15) is 0 Å². The van der Waals surface area contributed by atoms with E-state index in [9.17, 15) is 9.90 Å². The van der Waals surface area contributed by atoms with Crippen LogP contribution in [0.5, 0.6) is 5.75 Å². The number of carbonyl (C=O) groups is 1. The van der Waals surface area contributed by atoms with Crippen molar-refractivity contribution in [3.8, 4) is 5.75 Å². The second-order valence-electron chi connectivity index (χ2n) is 3.02. The number of anilines is 1. The van der Waals surface area contributed by atoms with E-state index in [1.54, 1.807) is 0 Å². The van der Waals surface area contributed by atoms with E-state index in [0.717, 1.165) is 0 Å². The lowest BCUT2D eigenvalue weighted by Crippen LogP contribution is -2.15. The fourth-order valence-corrected chi connectivity index (χ4v) is 1.17. The average molecular weight is 196 g/mol. The number of carboxylic acid groups (broad SMARTS) is 1. The molecule has 1 rings (SSSR count). The molecule has 0 aromatic heterocycles. The van der Waals surface area contributed by atoms with E-state index in [-0.39, 0.29) is 12.2 Å². The molecule has 0 radical (unpaired) electrons. The summed E-state index contributed by atoms with van der Waals surface area (Å²) in [6.07, 6.45) is -0.239. The van der Waals surface area contributed by atoms with E-state index >= 15 is 0 Å². The Morgan fingerprint density at radius 2 is 2.14 bits per heavy atom. The Hall–Kier alpha value is -1.75. The number of phenolic OH excluding ortho intramolecular Hbond substituents is 1. The predicted octanol–water partition coefficient (Wildman–Crippen LogP) is 0.449. The number of aromatic hydroxyl groups is 1. The van der Waals surface area contributed by atoms with Crippen LogP contribution in [0.25, 0.3) is 0 Å². The highest BCUT2D eigenvalue weighted by atomic mass is 16.4. The van der Waals surface area contributed by atoms with Gasteiger partial charge in [0, 0.05) is 17.3 Å². The van der Waals surface area contributed by atoms with E-state index in [2.05, 4.69) is 0 Å². The average Bonchev–Trinajstić information content (AvgIpc) is 2.08. The Kier molecular flexibility index (Phi) is 2.93. The van der Waals surface area contributed by atoms with Crippen molar-refractivity contribution in [1.82, 2.24) is 0 Å². The number of carboxylic acids is 1. The molecule has 0 saturated carbocycles. The highest BCUT2D eigenvalue weighted by molar-refractivity contribution is 5.68. The molecule has 5 nitrogen and oxygen atoms in total. The van der Waals surface area contributed by atoms with E-state index in [1.807, 2.05) is 0 Å². The van der Waals surface area contributed by atoms with Gasteiger partial charge in [-0.25, -0.2) is 0 Å². The molecule has 0 aliphatic carbocycles. The van der Waals surface area contributed by atoms with E-state index < -0.39 is 12.0 Å². The molecule has 5 heteroatoms. The van der Waals surface area contributed by atoms with Gasteiger partial charge in [0.05, 0.1) is 6.42 Å². The summed E-state index contributed by atoms with van der Waals surface area (Å²) in [5.74, 6) is -1.05. The van der Waals surface area contributed by atoms with Crippen LogP contribution in [0.4, 0.5) is 5.69 Å². The second-order valence-corrected chi connectivity index (χ2v) is 3.02. The topological polar surface area (TPSA) is 110 Å². The molecule has 1 atom stereocenters. The van der Waals surface area contributed by atoms with E-state index in [4.69, 9.17) is 16.6 Å². The Balaban J connectivity index is 2.93. The number of nitrogens with two attached hydrogens (primary N) is 2. The number of rotatable bonds is 3. The van der Waals surface area contributed by atoms with Crippen molar-refractivity contribution in [2.75, 3.05) is 5.73 Å². The van der Waals surface area contributed by atoms with Crippen LogP contribution in [0.3, 0.4) is 0 Å². The SMILES string of the molecule is Nc1ccc(O)c([C@@H](N)CC(=O)O)c1. The Labute approximate surface area is 81.0 Å². The summed E-state index contributed by atoms with van der Waals surface area (Å²) in [4.78, 5) is 10.4. The maximum absolute atomic E-state index is 10.4. The lowest BCUT2D eigenvalue weighted by molar-refractivity contribution is -0.137. The normalized spacial score (nSPS) is 12.4. The molecule has 0 aliphatic rings. The van der Waals surface area contributed by atoms with Crippen molar-refractivity contribution in [3.05, 3.63) is 23.8 Å². The van der Waals surface area contributed by atoms with Gasteiger partial charge in [0.1, 0.15) is 5.75 Å². The summed E-state index contributed by atoms with van der Waals surface area (Å²) < 4.78 is 0. The molecule has 0 amide bonds. The summed E-state index contributed by atoms with van der Waals surface area (Å²) in [7, 11) is 0. The van der Waals surface area contributed by atoms with Crippen LogP contribution in [0.2, 0.25) is 0 Å². The third-order valence-corrected chi connectivity index (χ3v) is 1.85. The minimum absolute atomic E-state index is 0.0343. The van der Waals surface area contributed by atoms with Crippen molar-refractivity contribution < 1.29 is 15.0 Å². The Morgan fingerprint density at radius 3 is 2.71 bits per heavy atom. The van der Waals surface area contributed by atoms with Crippen LogP contribution in [0.15, 0.2) is 18.2 Å². The minimum atomic E-state index is -1.01. The fraction of sp³-hybridized carbons (Fsp3) is 0.222. The molecular formula is C9H12N2O3. The van der Waals surface area contributed by atoms with Gasteiger partial charge in [-0.3, -0.25) is 4.79 Å². The summed E-state index contributed by atoms with van der Waals surface area (Å²) >= 11 is 0. The van der Waals surface area contributed by atoms with Crippen molar-refractivity contribution in [2.45, 2.75) is 12.5 Å². The second kappa shape index (κ2) is 3.97. The van der Waals surface area contributed by atoms with Crippen molar-refractivity contribution in [1.29, 1.82) is 0 Å². The lowest BCUT2D eigenvalue weighted by Gasteiger charge is -2.11. The van der Waals surface area contributed by atoms with Crippen molar-refractivity contribution >= 4 is 11.7 Å². The fourth-order valence-electron chi connectivity index (χ4n) is 1.17. The first-order valence-corrected chi connectivity index (χ1v) is 4.06. The minimum Gasteiger partial charge on any atom is -0.508 e. The molecule has 0 aliphatic heterocycles. The zero-order chi connectivity index (χ0) is 10.7. The van der Waals surface area contributed by atoms with Crippen molar-refractivity contribution in [3.63, 3.8) is 0 Å². The maximum atomic E-state index is 10.4. The van der Waals surface area contributed by atoms with Gasteiger partial charge >= 0.3 is 5.97 Å². The first-order valence-electron chi connectivity index (χ1n) is 4.06. The van der Waals surface area contributed by atoms with Crippen LogP contribution in [-0.4, -0.2) is 16.2 Å². The monoisotopic (exact) mass is 196 g/mol. The molecular weight excluding hydrogens is 184 g/mol. The largest absolute Gasteiger partial charge is 0.508 e. The smallest absolute Gasteiger partial charge is 0.305 e. The van der Waals surface area contributed by atoms with E-state index in [1.165, 1.54) is 18.2 Å². The Morgan fingerprint density at radius 1 is 1.50 bits per heavy atom. The molecule has 0 unspecified atom stereocenters. The van der Waals surface area contributed by atoms with Gasteiger partial charge in [0.2, 0.25) is 0 Å². The first-order chi connectivity index (χ1) is 6.50. The number of phenols is 1. The van der Waals surface area contributed by atoms with Gasteiger partial charge in [-0.15, -0.1) is 0 Å². The number of aliphatic carboxylic acids is 1. The highest BCUT2D eigenvalue weighted by Gasteiger charge is 2.14. The molecule has 1 aromatic rings. The van der Waals surface area contributed by atoms with Gasteiger partial charge < -0.3 is 21.7 Å². The molecule has 76 valence electrons. The van der Waals surface area contributed by atoms with Gasteiger partial charge in [0.25, 0.3) is 0 Å². The molecule has 0 bridgehead atoms. The molecule has 0 spiro atoms. The third kappa shape index (κ3) is 2.37. The molecule has 0 heterocycles. The van der Waals surface area contributed by atoms with Gasteiger partial charge in [0.15, 0.2) is 0 Å². The Bertz CT molecular complexity index is 352. The number of hydrogen-bond donors (Lipinski definition) is 4. The molecule has 0 saturated heterocycles. The summed E-state index contributed by atoms with van der Waals surface area (Å²) in [6.45, 7) is 0. The maximum Gasteiger partial charge on any atom is 0.305 e. The van der Waals surface area contributed by atoms with Crippen LogP contribution in [0.1, 0.15) is 18.0 Å². The van der Waals surface area contributed by atoms with E-state index in [0.29, 0.717) is 11.3 Å². The van der Waals surface area contributed by atoms with Gasteiger partial charge in [-0.05, 0) is 18.2 Å². The zero-order valence-electron chi connectivity index (χ0n) is 7.47. The predicted molar refractivity (Wildman–Crippen MR) is 51.7 cm³/mol. The molecule has 0 fully saturated rings. The van der Waals surface area contributed by atoms with Crippen LogP contribution in [0, 0.1) is 0 Å². The first kappa shape index (κ1) is 10.3. The van der Waals surface area contributed by atoms with Crippen LogP contribution < -0.4 is 11.5 Å². The summed E-state index contributed by atoms with van der Waals surface area (Å²) in [6, 6.07) is 3.65. The number of nitrogen functional groups attached to an aromatic ring is 1. The number of benzene rings is 1. The standard InChI is InChI=1S/C9H12N2O3/c10-5-1-2-8(12)6(3-5)7(11)4-9(13)14/h1-3,7,12H,4,10-11H2,(H,13,14)/t7-/m0/s1. The van der Waals surface area contributed by atoms with Crippen LogP contribution >= 0.6 is 0 Å². The number of hydrogen-bond acceptors (Lipinski definition) is 4. The van der Waals surface area contributed by atoms with Crippen molar-refractivity contribution in [2.24, 2.45) is 5.73 Å². The summed E-state index contributed by atoms with van der Waals surface area (Å²) in [5, 5.41) is 17.9. The van der Waals surface area contributed by atoms with Crippen LogP contribution in [-0.2, 0) is 4.79 Å². The quantitative estimate of drug-likeness (QED) is 0.414. The molecule has 6 N–H and O–H groups in total. The summed E-state index contributed by atoms with van der Waals surface area (Å²) in [5.41, 5.74) is 11.8. The lowest BCUT2D eigenvalue weighted by atomic mass is 10.0. The molecule has 1 aromatic carbocycles.